The highest BCUT2D eigenvalue weighted by Crippen LogP contribution is 2.46. The average molecular weight is 532 g/mol. The molecule has 0 atom stereocenters. The van der Waals surface area contributed by atoms with E-state index < -0.39 is 30.0 Å². The Balaban J connectivity index is 3.16. The van der Waals surface area contributed by atoms with Gasteiger partial charge in [0.25, 0.3) is 20.2 Å². The summed E-state index contributed by atoms with van der Waals surface area (Å²) < 4.78 is 77.7. The van der Waals surface area contributed by atoms with Crippen LogP contribution in [0.1, 0.15) is 0 Å². The van der Waals surface area contributed by atoms with Crippen molar-refractivity contribution in [3.8, 4) is 22.6 Å². The highest BCUT2D eigenvalue weighted by molar-refractivity contribution is 9.10. The molecule has 2 rings (SSSR count). The fraction of sp³-hybridized carbons (Fsp3) is 0.143. The number of halogens is 2. The second kappa shape index (κ2) is 7.44. The lowest BCUT2D eigenvalue weighted by atomic mass is 10.0. The molecule has 0 saturated heterocycles. The second-order valence-corrected chi connectivity index (χ2v) is 9.52. The minimum atomic E-state index is -4.79. The number of hydrogen-bond donors (Lipinski definition) is 2. The van der Waals surface area contributed by atoms with Gasteiger partial charge in [-0.2, -0.15) is 16.8 Å². The standard InChI is InChI=1S/C14H12Br2O8S2/c1-23-9-3-7(15)5-11(25(17,18)19)13(9)14-10(24-2)4-8(16)6-12(14)26(20,21)22/h3-6H,1-2H3,(H,17,18,19)(H,20,21,22). The minimum absolute atomic E-state index is 0.0717. The van der Waals surface area contributed by atoms with Gasteiger partial charge in [0.15, 0.2) is 0 Å². The Kier molecular flexibility index (Phi) is 6.05. The first kappa shape index (κ1) is 21.1. The molecule has 0 heterocycles. The lowest BCUT2D eigenvalue weighted by Gasteiger charge is -2.18. The highest BCUT2D eigenvalue weighted by atomic mass is 79.9. The van der Waals surface area contributed by atoms with Crippen LogP contribution in [0.15, 0.2) is 43.0 Å². The van der Waals surface area contributed by atoms with E-state index in [4.69, 9.17) is 9.47 Å². The van der Waals surface area contributed by atoms with Gasteiger partial charge >= 0.3 is 0 Å². The normalized spacial score (nSPS) is 12.1. The molecule has 0 radical (unpaired) electrons. The predicted molar refractivity (Wildman–Crippen MR) is 100 cm³/mol. The third-order valence-corrected chi connectivity index (χ3v) is 5.98. The van der Waals surface area contributed by atoms with Gasteiger partial charge in [-0.15, -0.1) is 0 Å². The molecule has 8 nitrogen and oxygen atoms in total. The first-order valence-corrected chi connectivity index (χ1v) is 11.1. The van der Waals surface area contributed by atoms with E-state index in [0.29, 0.717) is 0 Å². The van der Waals surface area contributed by atoms with E-state index in [2.05, 4.69) is 31.9 Å². The molecule has 2 aromatic carbocycles. The zero-order valence-electron chi connectivity index (χ0n) is 13.2. The molecule has 0 saturated carbocycles. The van der Waals surface area contributed by atoms with Crippen LogP contribution in [0.4, 0.5) is 0 Å². The van der Waals surface area contributed by atoms with Crippen LogP contribution in [-0.4, -0.2) is 40.2 Å². The van der Waals surface area contributed by atoms with Crippen LogP contribution in [0, 0.1) is 0 Å². The van der Waals surface area contributed by atoms with E-state index in [0.717, 1.165) is 12.1 Å². The summed E-state index contributed by atoms with van der Waals surface area (Å²) in [5.74, 6) is -0.143. The Morgan fingerprint density at radius 3 is 1.27 bits per heavy atom. The van der Waals surface area contributed by atoms with Crippen molar-refractivity contribution in [3.63, 3.8) is 0 Å². The molecule has 0 aliphatic carbocycles. The van der Waals surface area contributed by atoms with Gasteiger partial charge < -0.3 is 9.47 Å². The summed E-state index contributed by atoms with van der Waals surface area (Å²) in [6, 6.07) is 4.89. The molecule has 0 aliphatic heterocycles. The summed E-state index contributed by atoms with van der Waals surface area (Å²) in [6.45, 7) is 0. The van der Waals surface area contributed by atoms with Gasteiger partial charge in [0.1, 0.15) is 21.3 Å². The van der Waals surface area contributed by atoms with E-state index in [9.17, 15) is 25.9 Å². The quantitative estimate of drug-likeness (QED) is 0.562. The summed E-state index contributed by atoms with van der Waals surface area (Å²) in [5.41, 5.74) is -0.564. The molecule has 0 unspecified atom stereocenters. The summed E-state index contributed by atoms with van der Waals surface area (Å²) in [5, 5.41) is 0. The van der Waals surface area contributed by atoms with Crippen molar-refractivity contribution < 1.29 is 35.4 Å². The van der Waals surface area contributed by atoms with E-state index in [-0.39, 0.29) is 31.6 Å². The highest BCUT2D eigenvalue weighted by Gasteiger charge is 2.30. The summed E-state index contributed by atoms with van der Waals surface area (Å²) in [6.07, 6.45) is 0. The van der Waals surface area contributed by atoms with Gasteiger partial charge in [0, 0.05) is 8.95 Å². The Labute approximate surface area is 166 Å². The van der Waals surface area contributed by atoms with Gasteiger partial charge in [0.2, 0.25) is 0 Å². The Morgan fingerprint density at radius 2 is 1.04 bits per heavy atom. The predicted octanol–water partition coefficient (Wildman–Crippen LogP) is 3.39. The van der Waals surface area contributed by atoms with Crippen molar-refractivity contribution in [1.29, 1.82) is 0 Å². The number of hydrogen-bond acceptors (Lipinski definition) is 6. The van der Waals surface area contributed by atoms with E-state index in [1.807, 2.05) is 0 Å². The second-order valence-electron chi connectivity index (χ2n) is 4.91. The molecule has 0 bridgehead atoms. The third kappa shape index (κ3) is 4.21. The summed E-state index contributed by atoms with van der Waals surface area (Å²) in [4.78, 5) is -1.26. The Bertz CT molecular complexity index is 991. The molecular formula is C14H12Br2O8S2. The molecule has 0 aliphatic rings. The van der Waals surface area contributed by atoms with Crippen LogP contribution < -0.4 is 9.47 Å². The number of rotatable bonds is 5. The van der Waals surface area contributed by atoms with E-state index >= 15 is 0 Å². The summed E-state index contributed by atoms with van der Waals surface area (Å²) >= 11 is 6.19. The fourth-order valence-corrected chi connectivity index (χ4v) is 4.99. The number of ether oxygens (including phenoxy) is 2. The van der Waals surface area contributed by atoms with Gasteiger partial charge in [-0.1, -0.05) is 31.9 Å². The first-order chi connectivity index (χ1) is 11.9. The fourth-order valence-electron chi connectivity index (χ4n) is 2.34. The smallest absolute Gasteiger partial charge is 0.295 e. The molecule has 0 amide bonds. The van der Waals surface area contributed by atoms with E-state index in [1.165, 1.54) is 26.4 Å². The Hall–Kier alpha value is -1.18. The minimum Gasteiger partial charge on any atom is -0.496 e. The van der Waals surface area contributed by atoms with Crippen LogP contribution in [0.5, 0.6) is 11.5 Å². The van der Waals surface area contributed by atoms with Crippen molar-refractivity contribution in [3.05, 3.63) is 33.2 Å². The maximum atomic E-state index is 11.9. The molecular weight excluding hydrogens is 520 g/mol. The zero-order chi connectivity index (χ0) is 19.9. The van der Waals surface area contributed by atoms with Gasteiger partial charge in [0.05, 0.1) is 25.3 Å². The first-order valence-electron chi connectivity index (χ1n) is 6.60. The van der Waals surface area contributed by atoms with Crippen molar-refractivity contribution >= 4 is 52.1 Å². The van der Waals surface area contributed by atoms with Crippen molar-refractivity contribution in [2.24, 2.45) is 0 Å². The lowest BCUT2D eigenvalue weighted by Crippen LogP contribution is -2.08. The molecule has 0 aromatic heterocycles. The number of methoxy groups -OCH3 is 2. The molecule has 2 aromatic rings. The van der Waals surface area contributed by atoms with Crippen LogP contribution >= 0.6 is 31.9 Å². The Morgan fingerprint density at radius 1 is 0.731 bits per heavy atom. The maximum absolute atomic E-state index is 11.9. The molecule has 2 N–H and O–H groups in total. The van der Waals surface area contributed by atoms with Crippen LogP contribution in [0.25, 0.3) is 11.1 Å². The van der Waals surface area contributed by atoms with Gasteiger partial charge in [-0.25, -0.2) is 0 Å². The SMILES string of the molecule is COc1cc(Br)cc(S(=O)(=O)O)c1-c1c(OC)cc(Br)cc1S(=O)(=O)O. The molecule has 26 heavy (non-hydrogen) atoms. The summed E-state index contributed by atoms with van der Waals surface area (Å²) in [7, 11) is -7.11. The maximum Gasteiger partial charge on any atom is 0.295 e. The van der Waals surface area contributed by atoms with Crippen LogP contribution in [-0.2, 0) is 20.2 Å². The van der Waals surface area contributed by atoms with Crippen molar-refractivity contribution in [1.82, 2.24) is 0 Å². The van der Waals surface area contributed by atoms with Crippen LogP contribution in [0.3, 0.4) is 0 Å². The van der Waals surface area contributed by atoms with Gasteiger partial charge in [-0.3, -0.25) is 9.11 Å². The largest absolute Gasteiger partial charge is 0.496 e. The topological polar surface area (TPSA) is 127 Å². The van der Waals surface area contributed by atoms with Crippen molar-refractivity contribution in [2.75, 3.05) is 14.2 Å². The monoisotopic (exact) mass is 530 g/mol. The van der Waals surface area contributed by atoms with Crippen LogP contribution in [0.2, 0.25) is 0 Å². The van der Waals surface area contributed by atoms with Gasteiger partial charge in [-0.05, 0) is 24.3 Å². The molecule has 0 fully saturated rings. The molecule has 12 heteroatoms. The lowest BCUT2D eigenvalue weighted by molar-refractivity contribution is 0.407. The van der Waals surface area contributed by atoms with Crippen molar-refractivity contribution in [2.45, 2.75) is 9.79 Å². The molecule has 142 valence electrons. The third-order valence-electron chi connectivity index (χ3n) is 3.31. The average Bonchev–Trinajstić information content (AvgIpc) is 2.51. The number of benzene rings is 2. The zero-order valence-corrected chi connectivity index (χ0v) is 18.0. The molecule has 0 spiro atoms. The van der Waals surface area contributed by atoms with E-state index in [1.54, 1.807) is 0 Å².